The molecule has 218 valence electrons. The van der Waals surface area contributed by atoms with Crippen molar-refractivity contribution in [2.45, 2.75) is 37.8 Å². The molecule has 2 amide bonds. The minimum Gasteiger partial charge on any atom is -0.355 e. The number of hydrogen-bond donors (Lipinski definition) is 1. The fourth-order valence-corrected chi connectivity index (χ4v) is 6.37. The Morgan fingerprint density at radius 1 is 0.833 bits per heavy atom. The molecular weight excluding hydrogens is 570 g/mol. The van der Waals surface area contributed by atoms with Gasteiger partial charge in [-0.3, -0.25) is 13.9 Å². The zero-order valence-electron chi connectivity index (χ0n) is 23.6. The van der Waals surface area contributed by atoms with Gasteiger partial charge in [-0.25, -0.2) is 8.42 Å². The van der Waals surface area contributed by atoms with Crippen LogP contribution in [0.4, 0.5) is 5.69 Å². The minimum atomic E-state index is -4.18. The molecule has 1 atom stereocenters. The standard InChI is InChI=1S/C33H34ClN3O4S/c1-3-35-33(39)31(21-26-13-7-4-8-14-26)36(23-27-15-9-5-10-16-27)32(38)24-37(30-22-28(34)20-19-25(30)2)42(40,41)29-17-11-6-12-18-29/h4-20,22,31H,3,21,23-24H2,1-2H3,(H,35,39). The number of hydrogen-bond acceptors (Lipinski definition) is 4. The summed E-state index contributed by atoms with van der Waals surface area (Å²) in [6.45, 7) is 3.54. The number of nitrogens with zero attached hydrogens (tertiary/aromatic N) is 2. The van der Waals surface area contributed by atoms with Gasteiger partial charge in [0, 0.05) is 24.5 Å². The molecule has 0 aliphatic rings. The minimum absolute atomic E-state index is 0.0383. The van der Waals surface area contributed by atoms with Gasteiger partial charge in [0.2, 0.25) is 11.8 Å². The first-order valence-corrected chi connectivity index (χ1v) is 15.5. The van der Waals surface area contributed by atoms with Gasteiger partial charge < -0.3 is 10.2 Å². The summed E-state index contributed by atoms with van der Waals surface area (Å²) in [7, 11) is -4.18. The summed E-state index contributed by atoms with van der Waals surface area (Å²) in [5, 5.41) is 3.20. The van der Waals surface area contributed by atoms with Crippen LogP contribution in [0.3, 0.4) is 0 Å². The molecule has 7 nitrogen and oxygen atoms in total. The van der Waals surface area contributed by atoms with Crippen LogP contribution >= 0.6 is 11.6 Å². The molecule has 9 heteroatoms. The van der Waals surface area contributed by atoms with Crippen molar-refractivity contribution >= 4 is 39.1 Å². The van der Waals surface area contributed by atoms with E-state index in [1.165, 1.54) is 23.1 Å². The molecular formula is C33H34ClN3O4S. The number of likely N-dealkylation sites (N-methyl/N-ethyl adjacent to an activating group) is 1. The molecule has 42 heavy (non-hydrogen) atoms. The summed E-state index contributed by atoms with van der Waals surface area (Å²) < 4.78 is 29.2. The normalized spacial score (nSPS) is 11.9. The number of aryl methyl sites for hydroxylation is 1. The highest BCUT2D eigenvalue weighted by molar-refractivity contribution is 7.92. The number of amides is 2. The number of benzene rings is 4. The molecule has 0 heterocycles. The van der Waals surface area contributed by atoms with E-state index in [2.05, 4.69) is 5.32 Å². The fourth-order valence-electron chi connectivity index (χ4n) is 4.71. The van der Waals surface area contributed by atoms with Crippen molar-refractivity contribution < 1.29 is 18.0 Å². The maximum atomic E-state index is 14.4. The number of carbonyl (C=O) groups is 2. The van der Waals surface area contributed by atoms with Crippen LogP contribution in [0, 0.1) is 6.92 Å². The van der Waals surface area contributed by atoms with Gasteiger partial charge in [-0.05, 0) is 54.8 Å². The van der Waals surface area contributed by atoms with Gasteiger partial charge in [-0.2, -0.15) is 0 Å². The number of sulfonamides is 1. The maximum Gasteiger partial charge on any atom is 0.264 e. The van der Waals surface area contributed by atoms with E-state index in [9.17, 15) is 18.0 Å². The molecule has 0 fully saturated rings. The van der Waals surface area contributed by atoms with Crippen LogP contribution in [0.2, 0.25) is 5.02 Å². The van der Waals surface area contributed by atoms with E-state index < -0.39 is 28.5 Å². The lowest BCUT2D eigenvalue weighted by Gasteiger charge is -2.34. The second kappa shape index (κ2) is 14.2. The lowest BCUT2D eigenvalue weighted by molar-refractivity contribution is -0.140. The van der Waals surface area contributed by atoms with E-state index in [-0.39, 0.29) is 29.5 Å². The average molecular weight is 604 g/mol. The monoisotopic (exact) mass is 603 g/mol. The first-order chi connectivity index (χ1) is 20.2. The molecule has 0 bridgehead atoms. The number of rotatable bonds is 12. The smallest absolute Gasteiger partial charge is 0.264 e. The van der Waals surface area contributed by atoms with Crippen molar-refractivity contribution in [2.24, 2.45) is 0 Å². The maximum absolute atomic E-state index is 14.4. The Balaban J connectivity index is 1.81. The van der Waals surface area contributed by atoms with Crippen LogP contribution in [0.5, 0.6) is 0 Å². The molecule has 4 rings (SSSR count). The SMILES string of the molecule is CCNC(=O)C(Cc1ccccc1)N(Cc1ccccc1)C(=O)CN(c1cc(Cl)ccc1C)S(=O)(=O)c1ccccc1. The van der Waals surface area contributed by atoms with E-state index in [0.29, 0.717) is 17.1 Å². The van der Waals surface area contributed by atoms with Gasteiger partial charge in [0.25, 0.3) is 10.0 Å². The fraction of sp³-hybridized carbons (Fsp3) is 0.212. The van der Waals surface area contributed by atoms with Crippen LogP contribution < -0.4 is 9.62 Å². The van der Waals surface area contributed by atoms with Gasteiger partial charge in [-0.15, -0.1) is 0 Å². The van der Waals surface area contributed by atoms with Crippen molar-refractivity contribution in [2.75, 3.05) is 17.4 Å². The summed E-state index contributed by atoms with van der Waals surface area (Å²) in [6.07, 6.45) is 0.257. The van der Waals surface area contributed by atoms with Crippen LogP contribution in [0.1, 0.15) is 23.6 Å². The van der Waals surface area contributed by atoms with Gasteiger partial charge >= 0.3 is 0 Å². The summed E-state index contributed by atoms with van der Waals surface area (Å²) >= 11 is 6.31. The second-order valence-electron chi connectivity index (χ2n) is 9.86. The number of nitrogens with one attached hydrogen (secondary N) is 1. The van der Waals surface area contributed by atoms with Crippen LogP contribution in [0.25, 0.3) is 0 Å². The van der Waals surface area contributed by atoms with Gasteiger partial charge in [-0.1, -0.05) is 96.5 Å². The Hall–Kier alpha value is -4.14. The number of halogens is 1. The van der Waals surface area contributed by atoms with Crippen LogP contribution in [-0.2, 0) is 32.6 Å². The van der Waals surface area contributed by atoms with Crippen LogP contribution in [0.15, 0.2) is 114 Å². The third kappa shape index (κ3) is 7.57. The summed E-state index contributed by atoms with van der Waals surface area (Å²) in [6, 6.07) is 30.8. The first kappa shape index (κ1) is 30.8. The zero-order chi connectivity index (χ0) is 30.1. The Labute approximate surface area is 252 Å². The van der Waals surface area contributed by atoms with E-state index in [0.717, 1.165) is 15.4 Å². The highest BCUT2D eigenvalue weighted by Crippen LogP contribution is 2.30. The predicted molar refractivity (Wildman–Crippen MR) is 167 cm³/mol. The van der Waals surface area contributed by atoms with Crippen molar-refractivity contribution in [1.29, 1.82) is 0 Å². The summed E-state index contributed by atoms with van der Waals surface area (Å²) in [4.78, 5) is 29.4. The average Bonchev–Trinajstić information content (AvgIpc) is 3.00. The lowest BCUT2D eigenvalue weighted by atomic mass is 10.0. The second-order valence-corrected chi connectivity index (χ2v) is 12.2. The van der Waals surface area contributed by atoms with E-state index in [4.69, 9.17) is 11.6 Å². The van der Waals surface area contributed by atoms with E-state index in [1.54, 1.807) is 37.3 Å². The zero-order valence-corrected chi connectivity index (χ0v) is 25.2. The molecule has 0 saturated heterocycles. The molecule has 4 aromatic rings. The Kier molecular flexibility index (Phi) is 10.4. The van der Waals surface area contributed by atoms with Crippen molar-refractivity contribution in [3.63, 3.8) is 0 Å². The molecule has 0 spiro atoms. The van der Waals surface area contributed by atoms with Gasteiger partial charge in [0.1, 0.15) is 12.6 Å². The van der Waals surface area contributed by atoms with Gasteiger partial charge in [0.15, 0.2) is 0 Å². The predicted octanol–water partition coefficient (Wildman–Crippen LogP) is 5.62. The van der Waals surface area contributed by atoms with Crippen molar-refractivity contribution in [3.8, 4) is 0 Å². The first-order valence-electron chi connectivity index (χ1n) is 13.7. The highest BCUT2D eigenvalue weighted by atomic mass is 35.5. The molecule has 1 N–H and O–H groups in total. The molecule has 0 aromatic heterocycles. The molecule has 4 aromatic carbocycles. The molecule has 0 aliphatic carbocycles. The molecule has 0 radical (unpaired) electrons. The van der Waals surface area contributed by atoms with Gasteiger partial charge in [0.05, 0.1) is 10.6 Å². The van der Waals surface area contributed by atoms with Crippen molar-refractivity contribution in [3.05, 3.63) is 131 Å². The quantitative estimate of drug-likeness (QED) is 0.228. The Morgan fingerprint density at radius 2 is 1.40 bits per heavy atom. The summed E-state index contributed by atoms with van der Waals surface area (Å²) in [5.74, 6) is -0.841. The molecule has 0 saturated carbocycles. The molecule has 1 unspecified atom stereocenters. The largest absolute Gasteiger partial charge is 0.355 e. The third-order valence-electron chi connectivity index (χ3n) is 6.87. The number of anilines is 1. The lowest BCUT2D eigenvalue weighted by Crippen LogP contribution is -2.53. The molecule has 0 aliphatic heterocycles. The third-order valence-corrected chi connectivity index (χ3v) is 8.88. The Morgan fingerprint density at radius 3 is 2.00 bits per heavy atom. The number of carbonyl (C=O) groups excluding carboxylic acids is 2. The topological polar surface area (TPSA) is 86.8 Å². The summed E-state index contributed by atoms with van der Waals surface area (Å²) in [5.41, 5.74) is 2.60. The van der Waals surface area contributed by atoms with E-state index >= 15 is 0 Å². The van der Waals surface area contributed by atoms with E-state index in [1.807, 2.05) is 67.6 Å². The Bertz CT molecular complexity index is 1600. The van der Waals surface area contributed by atoms with Crippen LogP contribution in [-0.4, -0.2) is 44.3 Å². The van der Waals surface area contributed by atoms with Crippen molar-refractivity contribution in [1.82, 2.24) is 10.2 Å². The highest BCUT2D eigenvalue weighted by Gasteiger charge is 2.35.